The van der Waals surface area contributed by atoms with E-state index in [1.807, 2.05) is 42.5 Å². The molecular weight excluding hydrogens is 420 g/mol. The number of aryl methyl sites for hydroxylation is 1. The molecule has 33 heavy (non-hydrogen) atoms. The van der Waals surface area contributed by atoms with Gasteiger partial charge in [-0.25, -0.2) is 10.2 Å². The summed E-state index contributed by atoms with van der Waals surface area (Å²) in [7, 11) is 1.55. The third-order valence-electron chi connectivity index (χ3n) is 5.49. The Balaban J connectivity index is 1.62. The van der Waals surface area contributed by atoms with Gasteiger partial charge in [0.15, 0.2) is 11.2 Å². The predicted octanol–water partition coefficient (Wildman–Crippen LogP) is 2.78. The van der Waals surface area contributed by atoms with E-state index < -0.39 is 11.2 Å². The molecule has 2 aromatic heterocycles. The van der Waals surface area contributed by atoms with E-state index in [1.54, 1.807) is 42.1 Å². The number of fused-ring (bicyclic) bond motifs is 2. The van der Waals surface area contributed by atoms with Crippen LogP contribution in [-0.2, 0) is 13.6 Å². The average molecular weight is 440 g/mol. The molecule has 0 radical (unpaired) electrons. The number of aromatic hydroxyl groups is 1. The fourth-order valence-corrected chi connectivity index (χ4v) is 3.80. The molecule has 0 saturated heterocycles. The molecule has 0 saturated carbocycles. The van der Waals surface area contributed by atoms with Gasteiger partial charge in [-0.1, -0.05) is 42.5 Å². The van der Waals surface area contributed by atoms with Crippen LogP contribution in [0.3, 0.4) is 0 Å². The smallest absolute Gasteiger partial charge is 0.329 e. The molecule has 0 aliphatic rings. The molecule has 3 aromatic carbocycles. The van der Waals surface area contributed by atoms with Crippen LogP contribution >= 0.6 is 0 Å². The molecule has 0 unspecified atom stereocenters. The highest BCUT2D eigenvalue weighted by atomic mass is 16.3. The lowest BCUT2D eigenvalue weighted by Gasteiger charge is -2.11. The zero-order valence-electron chi connectivity index (χ0n) is 17.7. The zero-order chi connectivity index (χ0) is 22.9. The second kappa shape index (κ2) is 8.12. The number of hydrazone groups is 1. The standard InChI is InChI=1S/C24H20N6O3/c1-29-21-20(22(32)27-24(29)33)30(14-17-7-4-6-16-5-2-3-8-19(16)17)23(26-21)28-25-13-15-9-11-18(31)12-10-15/h2-13,31H,14H2,1H3,(H,26,28)(H,27,32,33)/b25-13-. The van der Waals surface area contributed by atoms with Gasteiger partial charge in [-0.2, -0.15) is 10.1 Å². The maximum atomic E-state index is 12.7. The van der Waals surface area contributed by atoms with Crippen molar-refractivity contribution in [3.05, 3.63) is 98.7 Å². The number of H-pyrrole nitrogens is 1. The molecule has 0 fully saturated rings. The zero-order valence-corrected chi connectivity index (χ0v) is 17.7. The number of benzene rings is 3. The number of phenols is 1. The summed E-state index contributed by atoms with van der Waals surface area (Å²) in [5.74, 6) is 0.483. The van der Waals surface area contributed by atoms with Gasteiger partial charge in [-0.15, -0.1) is 0 Å². The molecule has 0 amide bonds. The molecule has 5 aromatic rings. The van der Waals surface area contributed by atoms with Crippen LogP contribution in [-0.4, -0.2) is 30.4 Å². The van der Waals surface area contributed by atoms with Crippen molar-refractivity contribution in [2.75, 3.05) is 5.43 Å². The van der Waals surface area contributed by atoms with Crippen LogP contribution in [0.15, 0.2) is 81.4 Å². The minimum Gasteiger partial charge on any atom is -0.508 e. The summed E-state index contributed by atoms with van der Waals surface area (Å²) in [6, 6.07) is 20.5. The van der Waals surface area contributed by atoms with Crippen molar-refractivity contribution in [1.29, 1.82) is 0 Å². The van der Waals surface area contributed by atoms with Gasteiger partial charge in [0.05, 0.1) is 12.8 Å². The molecule has 164 valence electrons. The van der Waals surface area contributed by atoms with Crippen LogP contribution in [0.5, 0.6) is 5.75 Å². The Morgan fingerprint density at radius 2 is 1.82 bits per heavy atom. The summed E-state index contributed by atoms with van der Waals surface area (Å²) in [5, 5.41) is 15.8. The Labute approximate surface area is 187 Å². The maximum Gasteiger partial charge on any atom is 0.329 e. The SMILES string of the molecule is Cn1c(=O)[nH]c(=O)c2c1nc(N/N=C\c1ccc(O)cc1)n2Cc1cccc2ccccc12. The maximum absolute atomic E-state index is 12.7. The fraction of sp³-hybridized carbons (Fsp3) is 0.0833. The number of imidazole rings is 1. The topological polar surface area (TPSA) is 117 Å². The van der Waals surface area contributed by atoms with Crippen molar-refractivity contribution < 1.29 is 5.11 Å². The van der Waals surface area contributed by atoms with Gasteiger partial charge in [0.1, 0.15) is 5.75 Å². The number of rotatable bonds is 5. The molecule has 0 atom stereocenters. The summed E-state index contributed by atoms with van der Waals surface area (Å²) < 4.78 is 3.01. The first-order valence-electron chi connectivity index (χ1n) is 10.3. The van der Waals surface area contributed by atoms with E-state index in [4.69, 9.17) is 0 Å². The normalized spacial score (nSPS) is 11.5. The van der Waals surface area contributed by atoms with Crippen molar-refractivity contribution in [2.24, 2.45) is 12.1 Å². The van der Waals surface area contributed by atoms with Gasteiger partial charge < -0.3 is 5.11 Å². The van der Waals surface area contributed by atoms with Crippen LogP contribution in [0, 0.1) is 0 Å². The Kier molecular flexibility index (Phi) is 4.98. The number of hydrogen-bond acceptors (Lipinski definition) is 6. The monoisotopic (exact) mass is 440 g/mol. The van der Waals surface area contributed by atoms with E-state index in [-0.39, 0.29) is 16.9 Å². The second-order valence-electron chi connectivity index (χ2n) is 7.61. The van der Waals surface area contributed by atoms with Crippen molar-refractivity contribution in [2.45, 2.75) is 6.54 Å². The van der Waals surface area contributed by atoms with Gasteiger partial charge >= 0.3 is 5.69 Å². The summed E-state index contributed by atoms with van der Waals surface area (Å²) in [6.45, 7) is 0.343. The van der Waals surface area contributed by atoms with Crippen molar-refractivity contribution in [3.63, 3.8) is 0 Å². The first kappa shape index (κ1) is 20.3. The number of phenolic OH excluding ortho intramolecular Hbond substituents is 1. The van der Waals surface area contributed by atoms with E-state index in [9.17, 15) is 14.7 Å². The van der Waals surface area contributed by atoms with Crippen LogP contribution in [0.2, 0.25) is 0 Å². The predicted molar refractivity (Wildman–Crippen MR) is 128 cm³/mol. The first-order valence-corrected chi connectivity index (χ1v) is 10.3. The molecule has 0 aliphatic heterocycles. The van der Waals surface area contributed by atoms with Crippen LogP contribution < -0.4 is 16.7 Å². The van der Waals surface area contributed by atoms with Crippen molar-refractivity contribution in [3.8, 4) is 5.75 Å². The number of nitrogens with zero attached hydrogens (tertiary/aromatic N) is 4. The first-order chi connectivity index (χ1) is 16.0. The van der Waals surface area contributed by atoms with E-state index in [1.165, 1.54) is 4.57 Å². The lowest BCUT2D eigenvalue weighted by Crippen LogP contribution is -2.29. The minimum atomic E-state index is -0.540. The van der Waals surface area contributed by atoms with Crippen molar-refractivity contribution in [1.82, 2.24) is 19.1 Å². The summed E-state index contributed by atoms with van der Waals surface area (Å²) in [6.07, 6.45) is 1.57. The molecule has 9 heteroatoms. The number of anilines is 1. The summed E-state index contributed by atoms with van der Waals surface area (Å²) >= 11 is 0. The van der Waals surface area contributed by atoms with Crippen LogP contribution in [0.4, 0.5) is 5.95 Å². The van der Waals surface area contributed by atoms with E-state index in [2.05, 4.69) is 20.5 Å². The number of aromatic nitrogens is 4. The second-order valence-corrected chi connectivity index (χ2v) is 7.61. The minimum absolute atomic E-state index is 0.164. The lowest BCUT2D eigenvalue weighted by molar-refractivity contribution is 0.475. The highest BCUT2D eigenvalue weighted by molar-refractivity contribution is 5.86. The molecule has 3 N–H and O–H groups in total. The number of aromatic amines is 1. The molecule has 0 spiro atoms. The largest absolute Gasteiger partial charge is 0.508 e. The summed E-state index contributed by atoms with van der Waals surface area (Å²) in [5.41, 5.74) is 4.13. The molecule has 2 heterocycles. The van der Waals surface area contributed by atoms with E-state index in [0.29, 0.717) is 12.5 Å². The Morgan fingerprint density at radius 3 is 2.64 bits per heavy atom. The van der Waals surface area contributed by atoms with E-state index >= 15 is 0 Å². The summed E-state index contributed by atoms with van der Waals surface area (Å²) in [4.78, 5) is 31.7. The van der Waals surface area contributed by atoms with Crippen LogP contribution in [0.25, 0.3) is 21.9 Å². The molecule has 5 rings (SSSR count). The quantitative estimate of drug-likeness (QED) is 0.287. The molecule has 0 aliphatic carbocycles. The van der Waals surface area contributed by atoms with Gasteiger partial charge in [0.2, 0.25) is 5.95 Å². The highest BCUT2D eigenvalue weighted by Crippen LogP contribution is 2.23. The van der Waals surface area contributed by atoms with Gasteiger partial charge in [-0.3, -0.25) is 18.9 Å². The third kappa shape index (κ3) is 3.76. The van der Waals surface area contributed by atoms with Crippen LogP contribution in [0.1, 0.15) is 11.1 Å². The van der Waals surface area contributed by atoms with Crippen molar-refractivity contribution >= 4 is 34.1 Å². The molecule has 9 nitrogen and oxygen atoms in total. The van der Waals surface area contributed by atoms with Gasteiger partial charge in [0, 0.05) is 7.05 Å². The fourth-order valence-electron chi connectivity index (χ4n) is 3.80. The Hall–Kier alpha value is -4.66. The molecular formula is C24H20N6O3. The third-order valence-corrected chi connectivity index (χ3v) is 5.49. The van der Waals surface area contributed by atoms with Gasteiger partial charge in [-0.05, 0) is 46.2 Å². The van der Waals surface area contributed by atoms with E-state index in [0.717, 1.165) is 21.9 Å². The highest BCUT2D eigenvalue weighted by Gasteiger charge is 2.18. The van der Waals surface area contributed by atoms with Gasteiger partial charge in [0.25, 0.3) is 5.56 Å². The Bertz CT molecular complexity index is 1620. The number of hydrogen-bond donors (Lipinski definition) is 3. The molecule has 0 bridgehead atoms. The Morgan fingerprint density at radius 1 is 1.06 bits per heavy atom. The number of nitrogens with one attached hydrogen (secondary N) is 2. The lowest BCUT2D eigenvalue weighted by atomic mass is 10.0. The average Bonchev–Trinajstić information content (AvgIpc) is 3.18.